The molecule has 5 rings (SSSR count). The van der Waals surface area contributed by atoms with Crippen LogP contribution in [-0.2, 0) is 20.6 Å². The Morgan fingerprint density at radius 2 is 2.09 bits per heavy atom. The highest BCUT2D eigenvalue weighted by Crippen LogP contribution is 2.30. The van der Waals surface area contributed by atoms with Crippen molar-refractivity contribution in [3.63, 3.8) is 0 Å². The molecule has 1 aliphatic rings. The van der Waals surface area contributed by atoms with Crippen molar-refractivity contribution in [1.82, 2.24) is 43.8 Å². The van der Waals surface area contributed by atoms with E-state index in [2.05, 4.69) is 27.0 Å². The van der Waals surface area contributed by atoms with Crippen molar-refractivity contribution in [3.05, 3.63) is 36.4 Å². The number of carbonyl (C=O) groups is 1. The summed E-state index contributed by atoms with van der Waals surface area (Å²) in [7, 11) is 3.74. The predicted molar refractivity (Wildman–Crippen MR) is 116 cm³/mol. The molecule has 1 atom stereocenters. The lowest BCUT2D eigenvalue weighted by Gasteiger charge is -2.16. The Kier molecular flexibility index (Phi) is 4.87. The first-order valence-corrected chi connectivity index (χ1v) is 10.6. The number of fused-ring (bicyclic) bond motifs is 1. The third-order valence-corrected chi connectivity index (χ3v) is 5.99. The Balaban J connectivity index is 1.40. The van der Waals surface area contributed by atoms with Gasteiger partial charge in [-0.25, -0.2) is 15.0 Å². The quantitative estimate of drug-likeness (QED) is 0.468. The summed E-state index contributed by atoms with van der Waals surface area (Å²) >= 11 is 0. The number of aromatic nitrogens is 8. The third kappa shape index (κ3) is 3.20. The van der Waals surface area contributed by atoms with E-state index in [4.69, 9.17) is 9.72 Å². The van der Waals surface area contributed by atoms with Crippen LogP contribution in [0.25, 0.3) is 22.6 Å². The molecule has 4 aromatic heterocycles. The number of likely N-dealkylation sites (tertiary alicyclic amines) is 1. The molecule has 0 aliphatic carbocycles. The number of carbonyl (C=O) groups excluding carboxylic acids is 1. The van der Waals surface area contributed by atoms with Crippen LogP contribution in [0.4, 0.5) is 0 Å². The zero-order valence-electron chi connectivity index (χ0n) is 18.6. The van der Waals surface area contributed by atoms with E-state index in [0.717, 1.165) is 23.6 Å². The summed E-state index contributed by atoms with van der Waals surface area (Å²) in [6, 6.07) is 0. The molecule has 11 nitrogen and oxygen atoms in total. The lowest BCUT2D eigenvalue weighted by atomic mass is 10.2. The van der Waals surface area contributed by atoms with E-state index in [1.165, 1.54) is 6.33 Å². The zero-order chi connectivity index (χ0) is 22.4. The number of amides is 1. The minimum absolute atomic E-state index is 0.0973. The van der Waals surface area contributed by atoms with E-state index in [-0.39, 0.29) is 12.0 Å². The van der Waals surface area contributed by atoms with Crippen LogP contribution < -0.4 is 4.74 Å². The van der Waals surface area contributed by atoms with Crippen molar-refractivity contribution in [1.29, 1.82) is 0 Å². The van der Waals surface area contributed by atoms with E-state index in [1.807, 2.05) is 36.5 Å². The van der Waals surface area contributed by atoms with Crippen molar-refractivity contribution >= 4 is 17.1 Å². The average molecular weight is 435 g/mol. The summed E-state index contributed by atoms with van der Waals surface area (Å²) in [5, 5.41) is 4.43. The van der Waals surface area contributed by atoms with Gasteiger partial charge in [0.15, 0.2) is 17.0 Å². The van der Waals surface area contributed by atoms with Crippen molar-refractivity contribution in [2.75, 3.05) is 13.1 Å². The molecule has 1 amide bonds. The summed E-state index contributed by atoms with van der Waals surface area (Å²) < 4.78 is 11.8. The number of rotatable bonds is 5. The molecular formula is C21H25N9O2. The first kappa shape index (κ1) is 20.2. The van der Waals surface area contributed by atoms with Crippen molar-refractivity contribution in [3.8, 4) is 17.3 Å². The average Bonchev–Trinajstić information content (AvgIpc) is 3.56. The molecule has 1 saturated heterocycles. The fourth-order valence-corrected chi connectivity index (χ4v) is 4.17. The first-order valence-electron chi connectivity index (χ1n) is 10.6. The van der Waals surface area contributed by atoms with Gasteiger partial charge in [0.25, 0.3) is 5.91 Å². The minimum atomic E-state index is -0.174. The summed E-state index contributed by atoms with van der Waals surface area (Å²) in [6.45, 7) is 5.95. The molecule has 1 fully saturated rings. The molecule has 0 bridgehead atoms. The topological polar surface area (TPSA) is 109 Å². The van der Waals surface area contributed by atoms with Crippen LogP contribution >= 0.6 is 0 Å². The van der Waals surface area contributed by atoms with E-state index in [1.54, 1.807) is 21.9 Å². The molecule has 166 valence electrons. The molecule has 1 unspecified atom stereocenters. The maximum Gasteiger partial charge on any atom is 0.289 e. The molecule has 0 spiro atoms. The highest BCUT2D eigenvalue weighted by atomic mass is 16.5. The standard InChI is InChI=1S/C21H25N9O2/c1-5-30-13(2)15(10-25-30)17-26-16-18(28(17)4)23-12-24-20(16)32-14-6-8-29(11-14)21(31)19-22-7-9-27(19)3/h7,9-10,12,14H,5-6,8,11H2,1-4H3. The van der Waals surface area contributed by atoms with Crippen molar-refractivity contribution in [2.45, 2.75) is 32.9 Å². The summed E-state index contributed by atoms with van der Waals surface area (Å²) in [4.78, 5) is 32.2. The van der Waals surface area contributed by atoms with Crippen LogP contribution in [0.5, 0.6) is 5.88 Å². The molecule has 32 heavy (non-hydrogen) atoms. The normalized spacial score (nSPS) is 16.2. The van der Waals surface area contributed by atoms with Gasteiger partial charge >= 0.3 is 0 Å². The SMILES string of the molecule is CCn1ncc(-c2nc3c(OC4CCN(C(=O)c5nccn5C)C4)ncnc3n2C)c1C. The highest BCUT2D eigenvalue weighted by Gasteiger charge is 2.31. The predicted octanol–water partition coefficient (Wildman–Crippen LogP) is 1.58. The molecule has 0 radical (unpaired) electrons. The molecule has 1 aliphatic heterocycles. The molecule has 5 heterocycles. The fraction of sp³-hybridized carbons (Fsp3) is 0.429. The molecule has 11 heteroatoms. The van der Waals surface area contributed by atoms with Crippen LogP contribution in [0.1, 0.15) is 29.7 Å². The number of hydrogen-bond acceptors (Lipinski definition) is 7. The Bertz CT molecular complexity index is 1300. The van der Waals surface area contributed by atoms with E-state index >= 15 is 0 Å². The maximum absolute atomic E-state index is 12.7. The van der Waals surface area contributed by atoms with Gasteiger partial charge in [-0.2, -0.15) is 10.1 Å². The van der Waals surface area contributed by atoms with Gasteiger partial charge in [-0.1, -0.05) is 0 Å². The second-order valence-electron chi connectivity index (χ2n) is 7.95. The summed E-state index contributed by atoms with van der Waals surface area (Å²) in [5.41, 5.74) is 3.28. The molecule has 4 aromatic rings. The Hall–Kier alpha value is -3.76. The van der Waals surface area contributed by atoms with Gasteiger partial charge in [0.1, 0.15) is 18.3 Å². The Labute approximate surface area is 184 Å². The van der Waals surface area contributed by atoms with Gasteiger partial charge in [-0.15, -0.1) is 0 Å². The lowest BCUT2D eigenvalue weighted by Crippen LogP contribution is -2.32. The number of hydrogen-bond donors (Lipinski definition) is 0. The van der Waals surface area contributed by atoms with Crippen molar-refractivity contribution in [2.24, 2.45) is 14.1 Å². The molecule has 0 aromatic carbocycles. The second-order valence-corrected chi connectivity index (χ2v) is 7.95. The monoisotopic (exact) mass is 435 g/mol. The number of ether oxygens (including phenoxy) is 1. The largest absolute Gasteiger partial charge is 0.471 e. The van der Waals surface area contributed by atoms with Crippen LogP contribution in [0.15, 0.2) is 24.9 Å². The maximum atomic E-state index is 12.7. The van der Waals surface area contributed by atoms with Crippen LogP contribution in [0.3, 0.4) is 0 Å². The van der Waals surface area contributed by atoms with Crippen LogP contribution in [0, 0.1) is 6.92 Å². The molecule has 0 N–H and O–H groups in total. The van der Waals surface area contributed by atoms with Crippen LogP contribution in [0.2, 0.25) is 0 Å². The molecule has 0 saturated carbocycles. The Morgan fingerprint density at radius 1 is 1.25 bits per heavy atom. The minimum Gasteiger partial charge on any atom is -0.471 e. The van der Waals surface area contributed by atoms with E-state index in [0.29, 0.717) is 42.4 Å². The summed E-state index contributed by atoms with van der Waals surface area (Å²) in [6.07, 6.45) is 7.24. The third-order valence-electron chi connectivity index (χ3n) is 5.99. The van der Waals surface area contributed by atoms with Gasteiger partial charge in [0.2, 0.25) is 5.88 Å². The second kappa shape index (κ2) is 7.74. The van der Waals surface area contributed by atoms with Gasteiger partial charge in [-0.05, 0) is 13.8 Å². The van der Waals surface area contributed by atoms with Gasteiger partial charge in [0.05, 0.1) is 18.3 Å². The van der Waals surface area contributed by atoms with Crippen LogP contribution in [-0.4, -0.2) is 68.9 Å². The van der Waals surface area contributed by atoms with Crippen molar-refractivity contribution < 1.29 is 9.53 Å². The smallest absolute Gasteiger partial charge is 0.289 e. The highest BCUT2D eigenvalue weighted by molar-refractivity contribution is 5.91. The first-order chi connectivity index (χ1) is 15.5. The van der Waals surface area contributed by atoms with Gasteiger partial charge < -0.3 is 18.8 Å². The molecular weight excluding hydrogens is 410 g/mol. The number of aryl methyl sites for hydroxylation is 3. The number of imidazole rings is 2. The van der Waals surface area contributed by atoms with Gasteiger partial charge in [-0.3, -0.25) is 9.48 Å². The van der Waals surface area contributed by atoms with E-state index in [9.17, 15) is 4.79 Å². The fourth-order valence-electron chi connectivity index (χ4n) is 4.17. The van der Waals surface area contributed by atoms with E-state index < -0.39 is 0 Å². The lowest BCUT2D eigenvalue weighted by molar-refractivity contribution is 0.0756. The zero-order valence-corrected chi connectivity index (χ0v) is 18.6. The number of nitrogens with zero attached hydrogens (tertiary/aromatic N) is 9. The van der Waals surface area contributed by atoms with Gasteiger partial charge in [0, 0.05) is 51.7 Å². The summed E-state index contributed by atoms with van der Waals surface area (Å²) in [5.74, 6) is 1.52. The Morgan fingerprint density at radius 3 is 2.81 bits per heavy atom.